The second-order valence-corrected chi connectivity index (χ2v) is 9.04. The van der Waals surface area contributed by atoms with E-state index in [-0.39, 0.29) is 5.97 Å². The van der Waals surface area contributed by atoms with Crippen molar-refractivity contribution >= 4 is 5.97 Å². The molecule has 190 valence electrons. The summed E-state index contributed by atoms with van der Waals surface area (Å²) >= 11 is 0. The van der Waals surface area contributed by atoms with E-state index < -0.39 is 0 Å². The van der Waals surface area contributed by atoms with E-state index in [4.69, 9.17) is 4.74 Å². The van der Waals surface area contributed by atoms with Gasteiger partial charge in [0.2, 0.25) is 0 Å². The fourth-order valence-corrected chi connectivity index (χ4v) is 4.13. The van der Waals surface area contributed by atoms with Crippen LogP contribution in [0.2, 0.25) is 0 Å². The fourth-order valence-electron chi connectivity index (χ4n) is 4.13. The van der Waals surface area contributed by atoms with Crippen molar-refractivity contribution in [3.63, 3.8) is 0 Å². The molecular formula is C27H45N5O2. The SMILES string of the molecule is CCCN(CCC)CCCCN(CCOC(C)=O)Cc1ccc(CNCc2nccn2C)cc1. The van der Waals surface area contributed by atoms with Crippen LogP contribution in [0.4, 0.5) is 0 Å². The Kier molecular flexibility index (Phi) is 13.5. The second kappa shape index (κ2) is 16.4. The average molecular weight is 472 g/mol. The highest BCUT2D eigenvalue weighted by molar-refractivity contribution is 5.65. The van der Waals surface area contributed by atoms with Crippen LogP contribution in [0.5, 0.6) is 0 Å². The molecule has 34 heavy (non-hydrogen) atoms. The molecule has 7 nitrogen and oxygen atoms in total. The third-order valence-electron chi connectivity index (χ3n) is 5.95. The Bertz CT molecular complexity index is 800. The van der Waals surface area contributed by atoms with Gasteiger partial charge < -0.3 is 19.5 Å². The van der Waals surface area contributed by atoms with Crippen LogP contribution in [-0.4, -0.2) is 64.7 Å². The zero-order valence-electron chi connectivity index (χ0n) is 21.8. The maximum Gasteiger partial charge on any atom is 0.302 e. The Hall–Kier alpha value is -2.22. The van der Waals surface area contributed by atoms with E-state index >= 15 is 0 Å². The van der Waals surface area contributed by atoms with Crippen molar-refractivity contribution < 1.29 is 9.53 Å². The highest BCUT2D eigenvalue weighted by atomic mass is 16.5. The lowest BCUT2D eigenvalue weighted by molar-refractivity contribution is -0.141. The van der Waals surface area contributed by atoms with E-state index in [1.807, 2.05) is 24.0 Å². The summed E-state index contributed by atoms with van der Waals surface area (Å²) in [5, 5.41) is 3.46. The molecular weight excluding hydrogens is 426 g/mol. The van der Waals surface area contributed by atoms with Crippen molar-refractivity contribution in [2.75, 3.05) is 39.3 Å². The summed E-state index contributed by atoms with van der Waals surface area (Å²) < 4.78 is 7.25. The molecule has 1 aromatic heterocycles. The maximum absolute atomic E-state index is 11.2. The Morgan fingerprint density at radius 1 is 0.941 bits per heavy atom. The van der Waals surface area contributed by atoms with Crippen molar-refractivity contribution in [2.45, 2.75) is 66.1 Å². The van der Waals surface area contributed by atoms with Gasteiger partial charge in [-0.25, -0.2) is 4.98 Å². The first-order valence-corrected chi connectivity index (χ1v) is 12.8. The molecule has 0 unspecified atom stereocenters. The predicted molar refractivity (Wildman–Crippen MR) is 138 cm³/mol. The minimum Gasteiger partial charge on any atom is -0.465 e. The third kappa shape index (κ3) is 11.3. The summed E-state index contributed by atoms with van der Waals surface area (Å²) in [5.74, 6) is 0.824. The van der Waals surface area contributed by atoms with Crippen LogP contribution in [0.15, 0.2) is 36.7 Å². The number of hydrogen-bond acceptors (Lipinski definition) is 6. The highest BCUT2D eigenvalue weighted by Crippen LogP contribution is 2.10. The second-order valence-electron chi connectivity index (χ2n) is 9.04. The Balaban J connectivity index is 1.80. The van der Waals surface area contributed by atoms with Crippen LogP contribution >= 0.6 is 0 Å². The number of unbranched alkanes of at least 4 members (excludes halogenated alkanes) is 1. The number of ether oxygens (including phenoxy) is 1. The zero-order valence-corrected chi connectivity index (χ0v) is 21.8. The van der Waals surface area contributed by atoms with E-state index in [0.717, 1.165) is 45.0 Å². The Morgan fingerprint density at radius 3 is 2.18 bits per heavy atom. The van der Waals surface area contributed by atoms with Gasteiger partial charge >= 0.3 is 5.97 Å². The molecule has 1 heterocycles. The summed E-state index contributed by atoms with van der Waals surface area (Å²) in [4.78, 5) is 20.5. The quantitative estimate of drug-likeness (QED) is 0.262. The number of aryl methyl sites for hydroxylation is 1. The van der Waals surface area contributed by atoms with Crippen molar-refractivity contribution in [3.05, 3.63) is 53.6 Å². The minimum atomic E-state index is -0.211. The number of aromatic nitrogens is 2. The number of carbonyl (C=O) groups excluding carboxylic acids is 1. The van der Waals surface area contributed by atoms with Crippen LogP contribution in [0, 0.1) is 0 Å². The molecule has 0 atom stereocenters. The molecule has 0 bridgehead atoms. The van der Waals surface area contributed by atoms with Gasteiger partial charge in [-0.15, -0.1) is 0 Å². The van der Waals surface area contributed by atoms with Gasteiger partial charge in [-0.3, -0.25) is 9.69 Å². The largest absolute Gasteiger partial charge is 0.465 e. The van der Waals surface area contributed by atoms with Gasteiger partial charge in [0, 0.05) is 46.0 Å². The molecule has 0 aliphatic carbocycles. The molecule has 0 radical (unpaired) electrons. The lowest BCUT2D eigenvalue weighted by Crippen LogP contribution is -2.30. The molecule has 0 saturated carbocycles. The van der Waals surface area contributed by atoms with Crippen LogP contribution < -0.4 is 5.32 Å². The molecule has 7 heteroatoms. The standard InChI is InChI=1S/C27H45N5O2/c1-5-14-31(15-6-2)16-7-8-17-32(19-20-34-24(3)33)23-26-11-9-25(10-12-26)21-28-22-27-29-13-18-30(27)4/h9-13,18,28H,5-8,14-17,19-23H2,1-4H3. The zero-order chi connectivity index (χ0) is 24.6. The predicted octanol–water partition coefficient (Wildman–Crippen LogP) is 3.98. The van der Waals surface area contributed by atoms with Crippen molar-refractivity contribution in [2.24, 2.45) is 7.05 Å². The Morgan fingerprint density at radius 2 is 1.59 bits per heavy atom. The van der Waals surface area contributed by atoms with Crippen LogP contribution in [0.3, 0.4) is 0 Å². The number of nitrogens with zero attached hydrogens (tertiary/aromatic N) is 4. The minimum absolute atomic E-state index is 0.211. The summed E-state index contributed by atoms with van der Waals surface area (Å²) in [7, 11) is 2.01. The fraction of sp³-hybridized carbons (Fsp3) is 0.630. The molecule has 0 fully saturated rings. The molecule has 1 N–H and O–H groups in total. The first-order valence-electron chi connectivity index (χ1n) is 12.8. The number of benzene rings is 1. The molecule has 2 rings (SSSR count). The molecule has 2 aromatic rings. The monoisotopic (exact) mass is 471 g/mol. The topological polar surface area (TPSA) is 62.6 Å². The van der Waals surface area contributed by atoms with Crippen molar-refractivity contribution in [3.8, 4) is 0 Å². The summed E-state index contributed by atoms with van der Waals surface area (Å²) in [6.07, 6.45) is 8.56. The number of carbonyl (C=O) groups is 1. The van der Waals surface area contributed by atoms with E-state index in [0.29, 0.717) is 6.61 Å². The highest BCUT2D eigenvalue weighted by Gasteiger charge is 2.09. The van der Waals surface area contributed by atoms with Gasteiger partial charge in [0.05, 0.1) is 6.54 Å². The van der Waals surface area contributed by atoms with E-state index in [2.05, 4.69) is 58.2 Å². The molecule has 0 amide bonds. The molecule has 1 aromatic carbocycles. The van der Waals surface area contributed by atoms with Crippen molar-refractivity contribution in [1.82, 2.24) is 24.7 Å². The summed E-state index contributed by atoms with van der Waals surface area (Å²) in [6.45, 7) is 14.2. The first kappa shape index (κ1) is 28.0. The number of imidazole rings is 1. The van der Waals surface area contributed by atoms with Crippen LogP contribution in [0.1, 0.15) is 63.4 Å². The van der Waals surface area contributed by atoms with Gasteiger partial charge in [-0.2, -0.15) is 0 Å². The third-order valence-corrected chi connectivity index (χ3v) is 5.95. The average Bonchev–Trinajstić information content (AvgIpc) is 3.22. The van der Waals surface area contributed by atoms with Crippen LogP contribution in [-0.2, 0) is 36.2 Å². The number of nitrogens with one attached hydrogen (secondary N) is 1. The molecule has 0 saturated heterocycles. The van der Waals surface area contributed by atoms with E-state index in [1.165, 1.54) is 56.9 Å². The van der Waals surface area contributed by atoms with Gasteiger partial charge in [-0.05, 0) is 63.0 Å². The number of esters is 1. The van der Waals surface area contributed by atoms with Gasteiger partial charge in [0.25, 0.3) is 0 Å². The first-order chi connectivity index (χ1) is 16.5. The lowest BCUT2D eigenvalue weighted by atomic mass is 10.1. The Labute approximate surface area is 206 Å². The molecule has 0 spiro atoms. The van der Waals surface area contributed by atoms with Gasteiger partial charge in [0.1, 0.15) is 12.4 Å². The number of hydrogen-bond donors (Lipinski definition) is 1. The number of rotatable bonds is 18. The normalized spacial score (nSPS) is 11.5. The smallest absolute Gasteiger partial charge is 0.302 e. The summed E-state index contributed by atoms with van der Waals surface area (Å²) in [5.41, 5.74) is 2.55. The maximum atomic E-state index is 11.2. The van der Waals surface area contributed by atoms with Crippen LogP contribution in [0.25, 0.3) is 0 Å². The van der Waals surface area contributed by atoms with Crippen molar-refractivity contribution in [1.29, 1.82) is 0 Å². The van der Waals surface area contributed by atoms with Gasteiger partial charge in [-0.1, -0.05) is 38.1 Å². The van der Waals surface area contributed by atoms with Gasteiger partial charge in [0.15, 0.2) is 0 Å². The lowest BCUT2D eigenvalue weighted by Gasteiger charge is -2.24. The molecule has 0 aliphatic heterocycles. The van der Waals surface area contributed by atoms with E-state index in [9.17, 15) is 4.79 Å². The molecule has 0 aliphatic rings. The summed E-state index contributed by atoms with van der Waals surface area (Å²) in [6, 6.07) is 8.80. The van der Waals surface area contributed by atoms with E-state index in [1.54, 1.807) is 0 Å².